The third kappa shape index (κ3) is 203. The van der Waals surface area contributed by atoms with Crippen molar-refractivity contribution in [3.8, 4) is 24.1 Å². The highest BCUT2D eigenvalue weighted by Crippen LogP contribution is 2.27. The average Bonchev–Trinajstić information content (AvgIpc) is 2.27. The highest BCUT2D eigenvalue weighted by atomic mass is 31.2. The zero-order valence-corrected chi connectivity index (χ0v) is 16.9. The Morgan fingerprint density at radius 1 is 0.720 bits per heavy atom. The molecule has 0 aromatic rings. The summed E-state index contributed by atoms with van der Waals surface area (Å²) in [6.07, 6.45) is 3.70. The van der Waals surface area contributed by atoms with Crippen molar-refractivity contribution in [3.05, 3.63) is 0 Å². The van der Waals surface area contributed by atoms with Crippen molar-refractivity contribution in [2.75, 3.05) is 20.0 Å². The fraction of sp³-hybridized carbons (Fsp3) is 0.600. The SMILES string of the molecule is CC#COC(N)OC#CC.CP(=O)(O)O.CP(=O)(O)O.CP(=O)(O)O. The van der Waals surface area contributed by atoms with Gasteiger partial charge in [0.25, 0.3) is 0 Å². The fourth-order valence-electron chi connectivity index (χ4n) is 0.258. The lowest BCUT2D eigenvalue weighted by molar-refractivity contribution is -0.0335. The Morgan fingerprint density at radius 3 is 1.00 bits per heavy atom. The molecule has 0 fully saturated rings. The summed E-state index contributed by atoms with van der Waals surface area (Å²) in [6.45, 7) is 5.84. The molecule has 0 amide bonds. The molecule has 0 heterocycles. The minimum absolute atomic E-state index is 0.854. The van der Waals surface area contributed by atoms with Gasteiger partial charge in [0.15, 0.2) is 0 Å². The Morgan fingerprint density at radius 2 is 0.880 bits per heavy atom. The van der Waals surface area contributed by atoms with Crippen LogP contribution in [0.4, 0.5) is 0 Å². The monoisotopic (exact) mass is 427 g/mol. The summed E-state index contributed by atoms with van der Waals surface area (Å²) in [4.78, 5) is 45.8. The van der Waals surface area contributed by atoms with E-state index in [4.69, 9.17) is 35.1 Å². The second-order valence-corrected chi connectivity index (χ2v) is 8.83. The van der Waals surface area contributed by atoms with Gasteiger partial charge in [-0.3, -0.25) is 19.4 Å². The van der Waals surface area contributed by atoms with Gasteiger partial charge in [0, 0.05) is 33.8 Å². The summed E-state index contributed by atoms with van der Waals surface area (Å²) in [6, 6.07) is 0. The summed E-state index contributed by atoms with van der Waals surface area (Å²) < 4.78 is 37.1. The Bertz CT molecular complexity index is 488. The number of ether oxygens (including phenoxy) is 2. The van der Waals surface area contributed by atoms with Crippen LogP contribution in [-0.2, 0) is 23.2 Å². The number of hydrogen-bond acceptors (Lipinski definition) is 6. The van der Waals surface area contributed by atoms with Gasteiger partial charge in [0.2, 0.25) is 0 Å². The molecule has 25 heavy (non-hydrogen) atoms. The molecule has 0 aliphatic rings. The molecular weight excluding hydrogens is 403 g/mol. The van der Waals surface area contributed by atoms with E-state index in [2.05, 4.69) is 33.5 Å². The summed E-state index contributed by atoms with van der Waals surface area (Å²) in [5.74, 6) is 4.99. The van der Waals surface area contributed by atoms with Crippen molar-refractivity contribution in [2.45, 2.75) is 20.3 Å². The Hall–Kier alpha value is -0.870. The van der Waals surface area contributed by atoms with Crippen molar-refractivity contribution in [1.82, 2.24) is 0 Å². The summed E-state index contributed by atoms with van der Waals surface area (Å²) in [7, 11) is -10.9. The summed E-state index contributed by atoms with van der Waals surface area (Å²) in [5.41, 5.74) is 5.20. The molecule has 0 aromatic carbocycles. The first-order valence-electron chi connectivity index (χ1n) is 5.80. The molecule has 0 unspecified atom stereocenters. The first-order chi connectivity index (χ1) is 10.8. The van der Waals surface area contributed by atoms with Gasteiger partial charge in [-0.05, 0) is 0 Å². The van der Waals surface area contributed by atoms with Gasteiger partial charge in [-0.15, -0.1) is 0 Å². The number of nitrogens with two attached hydrogens (primary N) is 1. The van der Waals surface area contributed by atoms with Gasteiger partial charge in [0.05, 0.1) is 0 Å². The van der Waals surface area contributed by atoms with Gasteiger partial charge in [-0.1, -0.05) is 11.8 Å². The molecule has 0 atom stereocenters. The van der Waals surface area contributed by atoms with Crippen LogP contribution in [0.2, 0.25) is 0 Å². The first kappa shape index (κ1) is 31.9. The highest BCUT2D eigenvalue weighted by Gasteiger charge is 1.96. The molecule has 15 heteroatoms. The Balaban J connectivity index is -0.000000126. The fourth-order valence-corrected chi connectivity index (χ4v) is 0.258. The normalized spacial score (nSPS) is 9.80. The second kappa shape index (κ2) is 16.6. The number of hydrogen-bond donors (Lipinski definition) is 7. The third-order valence-corrected chi connectivity index (χ3v) is 0.554. The molecule has 0 spiro atoms. The minimum atomic E-state index is -3.64. The van der Waals surface area contributed by atoms with Crippen LogP contribution < -0.4 is 5.73 Å². The summed E-state index contributed by atoms with van der Waals surface area (Å²) >= 11 is 0. The van der Waals surface area contributed by atoms with Gasteiger partial charge in [-0.2, -0.15) is 0 Å². The molecule has 0 saturated carbocycles. The van der Waals surface area contributed by atoms with E-state index in [-0.39, 0.29) is 0 Å². The van der Waals surface area contributed by atoms with Crippen LogP contribution in [0.15, 0.2) is 0 Å². The predicted octanol–water partition coefficient (Wildman–Crippen LogP) is -0.395. The molecule has 0 bridgehead atoms. The largest absolute Gasteiger partial charge is 0.390 e. The Kier molecular flexibility index (Phi) is 21.1. The van der Waals surface area contributed by atoms with Gasteiger partial charge < -0.3 is 38.8 Å². The van der Waals surface area contributed by atoms with Crippen LogP contribution >= 0.6 is 22.8 Å². The molecular formula is C10H24NO11P3. The van der Waals surface area contributed by atoms with E-state index in [9.17, 15) is 13.7 Å². The van der Waals surface area contributed by atoms with Crippen LogP contribution in [-0.4, -0.2) is 55.8 Å². The highest BCUT2D eigenvalue weighted by molar-refractivity contribution is 7.51. The quantitative estimate of drug-likeness (QED) is 0.170. The average molecular weight is 427 g/mol. The van der Waals surface area contributed by atoms with E-state index in [1.165, 1.54) is 0 Å². The van der Waals surface area contributed by atoms with E-state index >= 15 is 0 Å². The van der Waals surface area contributed by atoms with E-state index in [0.717, 1.165) is 20.0 Å². The van der Waals surface area contributed by atoms with Crippen molar-refractivity contribution < 1.29 is 52.5 Å². The van der Waals surface area contributed by atoms with Crippen LogP contribution in [0.5, 0.6) is 0 Å². The molecule has 0 rings (SSSR count). The molecule has 150 valence electrons. The van der Waals surface area contributed by atoms with Crippen molar-refractivity contribution >= 4 is 22.8 Å². The molecule has 0 aliphatic carbocycles. The molecule has 0 radical (unpaired) electrons. The molecule has 0 saturated heterocycles. The van der Waals surface area contributed by atoms with E-state index in [1.807, 2.05) is 0 Å². The zero-order chi connectivity index (χ0) is 21.3. The predicted molar refractivity (Wildman–Crippen MR) is 90.9 cm³/mol. The Labute approximate surface area is 146 Å². The van der Waals surface area contributed by atoms with Crippen LogP contribution in [0.1, 0.15) is 13.8 Å². The van der Waals surface area contributed by atoms with Crippen molar-refractivity contribution in [3.63, 3.8) is 0 Å². The van der Waals surface area contributed by atoms with Crippen LogP contribution in [0.3, 0.4) is 0 Å². The van der Waals surface area contributed by atoms with Crippen LogP contribution in [0.25, 0.3) is 0 Å². The molecule has 12 nitrogen and oxygen atoms in total. The van der Waals surface area contributed by atoms with Crippen molar-refractivity contribution in [1.29, 1.82) is 0 Å². The molecule has 8 N–H and O–H groups in total. The van der Waals surface area contributed by atoms with Gasteiger partial charge >= 0.3 is 29.2 Å². The number of rotatable bonds is 2. The van der Waals surface area contributed by atoms with Gasteiger partial charge in [-0.25, -0.2) is 0 Å². The smallest absolute Gasteiger partial charge is 0.322 e. The lowest BCUT2D eigenvalue weighted by Crippen LogP contribution is -2.23. The minimum Gasteiger partial charge on any atom is -0.390 e. The molecule has 0 aliphatic heterocycles. The maximum Gasteiger partial charge on any atom is 0.322 e. The zero-order valence-electron chi connectivity index (χ0n) is 14.2. The lowest BCUT2D eigenvalue weighted by Gasteiger charge is -2.03. The summed E-state index contributed by atoms with van der Waals surface area (Å²) in [5, 5.41) is 0. The maximum absolute atomic E-state index is 9.33. The maximum atomic E-state index is 9.33. The van der Waals surface area contributed by atoms with E-state index in [1.54, 1.807) is 13.8 Å². The standard InChI is InChI=1S/C7H9NO2.3CH5O3P/c1-3-5-9-7(8)10-6-4-2;3*1-5(2,3)4/h7H,8H2,1-2H3;3*1H3,(H2,2,3,4). The lowest BCUT2D eigenvalue weighted by atomic mass is 10.8. The van der Waals surface area contributed by atoms with E-state index < -0.39 is 29.2 Å². The topological polar surface area (TPSA) is 217 Å². The van der Waals surface area contributed by atoms with Crippen LogP contribution in [0, 0.1) is 24.1 Å². The first-order valence-corrected chi connectivity index (χ1v) is 12.0. The third-order valence-electron chi connectivity index (χ3n) is 0.554. The van der Waals surface area contributed by atoms with Gasteiger partial charge in [0.1, 0.15) is 12.2 Å². The van der Waals surface area contributed by atoms with E-state index in [0.29, 0.717) is 0 Å². The molecule has 0 aromatic heterocycles. The second-order valence-electron chi connectivity index (χ2n) is 3.81. The van der Waals surface area contributed by atoms with Crippen molar-refractivity contribution in [2.24, 2.45) is 5.73 Å².